The van der Waals surface area contributed by atoms with Crippen LogP contribution in [0.2, 0.25) is 0 Å². The number of amides is 1. The highest BCUT2D eigenvalue weighted by Gasteiger charge is 2.28. The monoisotopic (exact) mass is 450 g/mol. The second-order valence-corrected chi connectivity index (χ2v) is 9.86. The van der Waals surface area contributed by atoms with Gasteiger partial charge >= 0.3 is 0 Å². The highest BCUT2D eigenvalue weighted by molar-refractivity contribution is 7.92. The van der Waals surface area contributed by atoms with Crippen LogP contribution in [0.3, 0.4) is 0 Å². The Morgan fingerprint density at radius 1 is 0.938 bits per heavy atom. The summed E-state index contributed by atoms with van der Waals surface area (Å²) >= 11 is 0. The minimum atomic E-state index is -3.93. The Kier molecular flexibility index (Phi) is 7.36. The number of rotatable bonds is 8. The summed E-state index contributed by atoms with van der Waals surface area (Å²) in [7, 11) is -3.93. The van der Waals surface area contributed by atoms with Gasteiger partial charge in [-0.2, -0.15) is 0 Å². The lowest BCUT2D eigenvalue weighted by Crippen LogP contribution is -2.41. The molecule has 0 saturated carbocycles. The van der Waals surface area contributed by atoms with Crippen molar-refractivity contribution in [2.75, 3.05) is 10.8 Å². The second kappa shape index (κ2) is 10.0. The predicted octanol–water partition coefficient (Wildman–Crippen LogP) is 4.94. The molecule has 0 aliphatic rings. The standard InChI is InChI=1S/C26H30N2O3S/c1-5-22-12-14-23(15-13-22)21(4)27-26(29)18-28(25-9-7-6-8-20(25)3)32(30,31)24-16-10-19(2)11-17-24/h6-17,21H,5,18H2,1-4H3,(H,27,29)/t21-/m1/s1. The number of para-hydroxylation sites is 1. The minimum absolute atomic E-state index is 0.155. The number of anilines is 1. The quantitative estimate of drug-likeness (QED) is 0.529. The zero-order valence-corrected chi connectivity index (χ0v) is 19.8. The van der Waals surface area contributed by atoms with Crippen LogP contribution in [0.15, 0.2) is 77.7 Å². The fourth-order valence-electron chi connectivity index (χ4n) is 3.52. The normalized spacial score (nSPS) is 12.2. The summed E-state index contributed by atoms with van der Waals surface area (Å²) in [6.07, 6.45) is 0.948. The van der Waals surface area contributed by atoms with Crippen LogP contribution in [0.4, 0.5) is 5.69 Å². The molecule has 1 amide bonds. The maximum absolute atomic E-state index is 13.5. The largest absolute Gasteiger partial charge is 0.348 e. The van der Waals surface area contributed by atoms with Gasteiger partial charge in [-0.1, -0.05) is 67.1 Å². The first-order chi connectivity index (χ1) is 15.2. The fourth-order valence-corrected chi connectivity index (χ4v) is 5.01. The molecule has 0 bridgehead atoms. The van der Waals surface area contributed by atoms with Crippen molar-refractivity contribution in [1.82, 2.24) is 5.32 Å². The van der Waals surface area contributed by atoms with Crippen LogP contribution in [0.25, 0.3) is 0 Å². The molecule has 32 heavy (non-hydrogen) atoms. The third-order valence-electron chi connectivity index (χ3n) is 5.55. The molecule has 3 aromatic carbocycles. The first-order valence-electron chi connectivity index (χ1n) is 10.8. The molecule has 0 aliphatic carbocycles. The van der Waals surface area contributed by atoms with Gasteiger partial charge in [-0.3, -0.25) is 9.10 Å². The Bertz CT molecular complexity index is 1170. The number of hydrogen-bond acceptors (Lipinski definition) is 3. The average molecular weight is 451 g/mol. The van der Waals surface area contributed by atoms with Gasteiger partial charge < -0.3 is 5.32 Å². The molecule has 0 heterocycles. The number of hydrogen-bond donors (Lipinski definition) is 1. The van der Waals surface area contributed by atoms with Crippen molar-refractivity contribution in [2.24, 2.45) is 0 Å². The van der Waals surface area contributed by atoms with Crippen molar-refractivity contribution < 1.29 is 13.2 Å². The van der Waals surface area contributed by atoms with E-state index in [1.165, 1.54) is 9.87 Å². The summed E-state index contributed by atoms with van der Waals surface area (Å²) in [5, 5.41) is 2.94. The molecule has 0 fully saturated rings. The van der Waals surface area contributed by atoms with Crippen molar-refractivity contribution in [3.05, 3.63) is 95.1 Å². The number of nitrogens with one attached hydrogen (secondary N) is 1. The van der Waals surface area contributed by atoms with E-state index in [1.54, 1.807) is 36.4 Å². The highest BCUT2D eigenvalue weighted by atomic mass is 32.2. The molecule has 0 unspecified atom stereocenters. The SMILES string of the molecule is CCc1ccc([C@@H](C)NC(=O)CN(c2ccccc2C)S(=O)(=O)c2ccc(C)cc2)cc1. The van der Waals surface area contributed by atoms with Crippen LogP contribution in [-0.4, -0.2) is 20.9 Å². The second-order valence-electron chi connectivity index (χ2n) is 8.00. The molecule has 0 aromatic heterocycles. The fraction of sp³-hybridized carbons (Fsp3) is 0.269. The van der Waals surface area contributed by atoms with Gasteiger partial charge in [0.05, 0.1) is 16.6 Å². The maximum Gasteiger partial charge on any atom is 0.264 e. The van der Waals surface area contributed by atoms with Gasteiger partial charge in [0.1, 0.15) is 6.54 Å². The summed E-state index contributed by atoms with van der Waals surface area (Å²) in [5.74, 6) is -0.365. The first-order valence-corrected chi connectivity index (χ1v) is 12.2. The molecule has 168 valence electrons. The highest BCUT2D eigenvalue weighted by Crippen LogP contribution is 2.27. The van der Waals surface area contributed by atoms with E-state index in [4.69, 9.17) is 0 Å². The van der Waals surface area contributed by atoms with Crippen LogP contribution in [0, 0.1) is 13.8 Å². The third-order valence-corrected chi connectivity index (χ3v) is 7.32. The van der Waals surface area contributed by atoms with Crippen molar-refractivity contribution >= 4 is 21.6 Å². The Morgan fingerprint density at radius 3 is 2.16 bits per heavy atom. The molecular formula is C26H30N2O3S. The smallest absolute Gasteiger partial charge is 0.264 e. The van der Waals surface area contributed by atoms with Gasteiger partial charge in [0.15, 0.2) is 0 Å². The van der Waals surface area contributed by atoms with Crippen molar-refractivity contribution in [3.63, 3.8) is 0 Å². The van der Waals surface area contributed by atoms with Crippen LogP contribution in [0.5, 0.6) is 0 Å². The number of sulfonamides is 1. The summed E-state index contributed by atoms with van der Waals surface area (Å²) in [4.78, 5) is 13.1. The number of carbonyl (C=O) groups excluding carboxylic acids is 1. The maximum atomic E-state index is 13.5. The number of aryl methyl sites for hydroxylation is 3. The minimum Gasteiger partial charge on any atom is -0.348 e. The topological polar surface area (TPSA) is 66.5 Å². The van der Waals surface area contributed by atoms with Gasteiger partial charge in [-0.15, -0.1) is 0 Å². The molecule has 0 saturated heterocycles. The summed E-state index contributed by atoms with van der Waals surface area (Å²) < 4.78 is 28.2. The van der Waals surface area contributed by atoms with E-state index in [2.05, 4.69) is 12.2 Å². The molecule has 6 heteroatoms. The lowest BCUT2D eigenvalue weighted by atomic mass is 10.1. The van der Waals surface area contributed by atoms with Crippen LogP contribution >= 0.6 is 0 Å². The van der Waals surface area contributed by atoms with Gasteiger partial charge in [0.2, 0.25) is 5.91 Å². The van der Waals surface area contributed by atoms with Gasteiger partial charge in [0.25, 0.3) is 10.0 Å². The van der Waals surface area contributed by atoms with E-state index in [1.807, 2.05) is 57.2 Å². The van der Waals surface area contributed by atoms with Gasteiger partial charge in [-0.25, -0.2) is 8.42 Å². The van der Waals surface area contributed by atoms with E-state index in [0.717, 1.165) is 23.1 Å². The average Bonchev–Trinajstić information content (AvgIpc) is 2.78. The molecular weight excluding hydrogens is 420 g/mol. The summed E-state index contributed by atoms with van der Waals surface area (Å²) in [6.45, 7) is 7.42. The molecule has 3 aromatic rings. The van der Waals surface area contributed by atoms with E-state index in [9.17, 15) is 13.2 Å². The zero-order chi connectivity index (χ0) is 23.3. The van der Waals surface area contributed by atoms with E-state index >= 15 is 0 Å². The zero-order valence-electron chi connectivity index (χ0n) is 19.0. The van der Waals surface area contributed by atoms with Crippen molar-refractivity contribution in [2.45, 2.75) is 45.1 Å². The Balaban J connectivity index is 1.87. The van der Waals surface area contributed by atoms with Crippen LogP contribution < -0.4 is 9.62 Å². The molecule has 0 aliphatic heterocycles. The summed E-state index contributed by atoms with van der Waals surface area (Å²) in [6, 6.07) is 21.7. The van der Waals surface area contributed by atoms with E-state index in [0.29, 0.717) is 5.69 Å². The number of benzene rings is 3. The van der Waals surface area contributed by atoms with Gasteiger partial charge in [-0.05, 0) is 62.1 Å². The van der Waals surface area contributed by atoms with Crippen molar-refractivity contribution in [1.29, 1.82) is 0 Å². The number of carbonyl (C=O) groups is 1. The van der Waals surface area contributed by atoms with Crippen LogP contribution in [-0.2, 0) is 21.2 Å². The lowest BCUT2D eigenvalue weighted by Gasteiger charge is -2.26. The Morgan fingerprint density at radius 2 is 1.56 bits per heavy atom. The third kappa shape index (κ3) is 5.37. The van der Waals surface area contributed by atoms with Gasteiger partial charge in [0, 0.05) is 0 Å². The molecule has 0 spiro atoms. The predicted molar refractivity (Wildman–Crippen MR) is 129 cm³/mol. The number of nitrogens with zero attached hydrogens (tertiary/aromatic N) is 1. The Hall–Kier alpha value is -3.12. The summed E-state index contributed by atoms with van der Waals surface area (Å²) in [5.41, 5.74) is 4.43. The lowest BCUT2D eigenvalue weighted by molar-refractivity contribution is -0.120. The van der Waals surface area contributed by atoms with Crippen LogP contribution in [0.1, 0.15) is 42.1 Å². The molecule has 0 radical (unpaired) electrons. The van der Waals surface area contributed by atoms with E-state index < -0.39 is 10.0 Å². The molecule has 1 N–H and O–H groups in total. The molecule has 3 rings (SSSR count). The molecule has 5 nitrogen and oxygen atoms in total. The molecule has 1 atom stereocenters. The van der Waals surface area contributed by atoms with Crippen molar-refractivity contribution in [3.8, 4) is 0 Å². The first kappa shape index (κ1) is 23.5. The Labute approximate surface area is 191 Å². The van der Waals surface area contributed by atoms with E-state index in [-0.39, 0.29) is 23.4 Å².